The first kappa shape index (κ1) is 18.2. The molecule has 0 aromatic carbocycles. The number of likely N-dealkylation sites (tertiary alicyclic amines) is 1. The summed E-state index contributed by atoms with van der Waals surface area (Å²) >= 11 is 0. The molecule has 0 unspecified atom stereocenters. The van der Waals surface area contributed by atoms with E-state index >= 15 is 0 Å². The lowest BCUT2D eigenvalue weighted by Gasteiger charge is -2.38. The molecule has 2 fully saturated rings. The fourth-order valence-electron chi connectivity index (χ4n) is 3.69. The van der Waals surface area contributed by atoms with Gasteiger partial charge in [0, 0.05) is 19.7 Å². The molecule has 1 saturated carbocycles. The van der Waals surface area contributed by atoms with E-state index in [2.05, 4.69) is 25.1 Å². The van der Waals surface area contributed by atoms with Gasteiger partial charge in [0.2, 0.25) is 5.91 Å². The Balaban J connectivity index is 1.75. The molecule has 5 nitrogen and oxygen atoms in total. The number of hydrogen-bond acceptors (Lipinski definition) is 4. The van der Waals surface area contributed by atoms with E-state index in [-0.39, 0.29) is 12.0 Å². The van der Waals surface area contributed by atoms with Gasteiger partial charge >= 0.3 is 0 Å². The Kier molecular flexibility index (Phi) is 6.86. The lowest BCUT2D eigenvalue weighted by molar-refractivity contribution is -0.143. The number of hydrogen-bond donors (Lipinski definition) is 0. The molecule has 0 spiro atoms. The summed E-state index contributed by atoms with van der Waals surface area (Å²) in [6, 6.07) is 2.35. The van der Waals surface area contributed by atoms with E-state index in [0.29, 0.717) is 0 Å². The minimum Gasteiger partial charge on any atom is -0.378 e. The minimum atomic E-state index is -0.738. The van der Waals surface area contributed by atoms with E-state index in [9.17, 15) is 10.1 Å². The van der Waals surface area contributed by atoms with E-state index < -0.39 is 5.41 Å². The SMILES string of the molecule is CN(C)CCCOC1CCN(C(=O)C2(C#N)CCCCC2)CC1. The number of ether oxygens (including phenoxy) is 1. The van der Waals surface area contributed by atoms with Crippen LogP contribution in [0.5, 0.6) is 0 Å². The number of rotatable bonds is 6. The normalized spacial score (nSPS) is 22.1. The Morgan fingerprint density at radius 3 is 2.48 bits per heavy atom. The quantitative estimate of drug-likeness (QED) is 0.705. The van der Waals surface area contributed by atoms with Crippen LogP contribution >= 0.6 is 0 Å². The maximum Gasteiger partial charge on any atom is 0.243 e. The Morgan fingerprint density at radius 1 is 1.26 bits per heavy atom. The third-order valence-electron chi connectivity index (χ3n) is 5.16. The van der Waals surface area contributed by atoms with E-state index in [0.717, 1.165) is 77.6 Å². The van der Waals surface area contributed by atoms with Gasteiger partial charge in [-0.3, -0.25) is 4.79 Å². The maximum absolute atomic E-state index is 12.8. The Morgan fingerprint density at radius 2 is 1.91 bits per heavy atom. The van der Waals surface area contributed by atoms with Crippen molar-refractivity contribution in [2.45, 2.75) is 57.5 Å². The van der Waals surface area contributed by atoms with Crippen molar-refractivity contribution in [1.82, 2.24) is 9.80 Å². The van der Waals surface area contributed by atoms with Gasteiger partial charge in [0.1, 0.15) is 5.41 Å². The molecule has 5 heteroatoms. The summed E-state index contributed by atoms with van der Waals surface area (Å²) < 4.78 is 5.93. The molecule has 130 valence electrons. The number of piperidine rings is 1. The third-order valence-corrected chi connectivity index (χ3v) is 5.16. The molecule has 1 saturated heterocycles. The second-order valence-electron chi connectivity index (χ2n) is 7.27. The van der Waals surface area contributed by atoms with Gasteiger partial charge in [-0.25, -0.2) is 0 Å². The van der Waals surface area contributed by atoms with Gasteiger partial charge in [0.25, 0.3) is 0 Å². The predicted octanol–water partition coefficient (Wildman–Crippen LogP) is 2.42. The summed E-state index contributed by atoms with van der Waals surface area (Å²) in [4.78, 5) is 16.9. The van der Waals surface area contributed by atoms with Crippen molar-refractivity contribution in [2.75, 3.05) is 40.3 Å². The van der Waals surface area contributed by atoms with Crippen molar-refractivity contribution in [3.05, 3.63) is 0 Å². The zero-order chi connectivity index (χ0) is 16.7. The Bertz CT molecular complexity index is 416. The third kappa shape index (κ3) is 4.92. The minimum absolute atomic E-state index is 0.0748. The predicted molar refractivity (Wildman–Crippen MR) is 89.9 cm³/mol. The highest BCUT2D eigenvalue weighted by Gasteiger charge is 2.43. The molecule has 1 heterocycles. The van der Waals surface area contributed by atoms with Crippen molar-refractivity contribution < 1.29 is 9.53 Å². The molecule has 0 aromatic rings. The molecular formula is C18H31N3O2. The zero-order valence-corrected chi connectivity index (χ0v) is 14.7. The molecule has 2 aliphatic rings. The van der Waals surface area contributed by atoms with Gasteiger partial charge in [-0.15, -0.1) is 0 Å². The highest BCUT2D eigenvalue weighted by atomic mass is 16.5. The molecule has 0 aromatic heterocycles. The van der Waals surface area contributed by atoms with Gasteiger partial charge in [0.05, 0.1) is 12.2 Å². The molecule has 1 aliphatic carbocycles. The van der Waals surface area contributed by atoms with Crippen LogP contribution in [-0.2, 0) is 9.53 Å². The smallest absolute Gasteiger partial charge is 0.243 e. The van der Waals surface area contributed by atoms with Gasteiger partial charge < -0.3 is 14.5 Å². The molecule has 2 rings (SSSR count). The Hall–Kier alpha value is -1.12. The summed E-state index contributed by atoms with van der Waals surface area (Å²) in [6.07, 6.45) is 7.75. The molecule has 23 heavy (non-hydrogen) atoms. The van der Waals surface area contributed by atoms with Crippen molar-refractivity contribution in [1.29, 1.82) is 5.26 Å². The average Bonchev–Trinajstić information content (AvgIpc) is 2.59. The fraction of sp³-hybridized carbons (Fsp3) is 0.889. The average molecular weight is 321 g/mol. The zero-order valence-electron chi connectivity index (χ0n) is 14.7. The van der Waals surface area contributed by atoms with Crippen molar-refractivity contribution in [3.8, 4) is 6.07 Å². The van der Waals surface area contributed by atoms with E-state index in [4.69, 9.17) is 4.74 Å². The monoisotopic (exact) mass is 321 g/mol. The van der Waals surface area contributed by atoms with Crippen LogP contribution in [0.25, 0.3) is 0 Å². The fourth-order valence-corrected chi connectivity index (χ4v) is 3.69. The lowest BCUT2D eigenvalue weighted by atomic mass is 9.74. The van der Waals surface area contributed by atoms with Crippen LogP contribution in [0.2, 0.25) is 0 Å². The van der Waals surface area contributed by atoms with Crippen LogP contribution in [-0.4, -0.2) is 62.1 Å². The lowest BCUT2D eigenvalue weighted by Crippen LogP contribution is -2.48. The van der Waals surface area contributed by atoms with E-state index in [1.54, 1.807) is 0 Å². The number of amides is 1. The summed E-state index contributed by atoms with van der Waals surface area (Å²) in [5.74, 6) is 0.0748. The van der Waals surface area contributed by atoms with Crippen LogP contribution in [0.4, 0.5) is 0 Å². The summed E-state index contributed by atoms with van der Waals surface area (Å²) in [6.45, 7) is 3.31. The van der Waals surface area contributed by atoms with Crippen LogP contribution in [0, 0.1) is 16.7 Å². The van der Waals surface area contributed by atoms with Gasteiger partial charge in [-0.2, -0.15) is 5.26 Å². The number of nitriles is 1. The molecule has 0 radical (unpaired) electrons. The van der Waals surface area contributed by atoms with Crippen molar-refractivity contribution in [2.24, 2.45) is 5.41 Å². The van der Waals surface area contributed by atoms with E-state index in [1.807, 2.05) is 4.90 Å². The highest BCUT2D eigenvalue weighted by Crippen LogP contribution is 2.38. The van der Waals surface area contributed by atoms with Crippen LogP contribution < -0.4 is 0 Å². The largest absolute Gasteiger partial charge is 0.378 e. The first-order valence-electron chi connectivity index (χ1n) is 9.04. The second kappa shape index (κ2) is 8.65. The summed E-state index contributed by atoms with van der Waals surface area (Å²) in [7, 11) is 4.14. The number of carbonyl (C=O) groups excluding carboxylic acids is 1. The standard InChI is InChI=1S/C18H31N3O2/c1-20(2)11-6-14-23-16-7-12-21(13-8-16)17(22)18(15-19)9-4-3-5-10-18/h16H,3-14H2,1-2H3. The number of nitrogens with zero attached hydrogens (tertiary/aromatic N) is 3. The second-order valence-corrected chi connectivity index (χ2v) is 7.27. The van der Waals surface area contributed by atoms with Crippen LogP contribution in [0.15, 0.2) is 0 Å². The highest BCUT2D eigenvalue weighted by molar-refractivity contribution is 5.85. The first-order valence-corrected chi connectivity index (χ1v) is 9.04. The summed E-state index contributed by atoms with van der Waals surface area (Å²) in [5.41, 5.74) is -0.738. The van der Waals surface area contributed by atoms with Crippen molar-refractivity contribution >= 4 is 5.91 Å². The molecular weight excluding hydrogens is 290 g/mol. The van der Waals surface area contributed by atoms with E-state index in [1.165, 1.54) is 0 Å². The molecule has 0 bridgehead atoms. The summed E-state index contributed by atoms with van der Waals surface area (Å²) in [5, 5.41) is 9.56. The van der Waals surface area contributed by atoms with Gasteiger partial charge in [0.15, 0.2) is 0 Å². The van der Waals surface area contributed by atoms with Gasteiger partial charge in [-0.05, 0) is 52.7 Å². The molecule has 1 amide bonds. The van der Waals surface area contributed by atoms with Crippen LogP contribution in [0.3, 0.4) is 0 Å². The van der Waals surface area contributed by atoms with Gasteiger partial charge in [-0.1, -0.05) is 19.3 Å². The van der Waals surface area contributed by atoms with Crippen molar-refractivity contribution in [3.63, 3.8) is 0 Å². The molecule has 1 aliphatic heterocycles. The Labute approximate surface area is 140 Å². The maximum atomic E-state index is 12.8. The van der Waals surface area contributed by atoms with Crippen LogP contribution in [0.1, 0.15) is 51.4 Å². The first-order chi connectivity index (χ1) is 11.1. The molecule has 0 atom stereocenters. The number of carbonyl (C=O) groups is 1. The molecule has 0 N–H and O–H groups in total. The topological polar surface area (TPSA) is 56.6 Å².